The number of aryl methyl sites for hydroxylation is 1. The van der Waals surface area contributed by atoms with Gasteiger partial charge in [0.25, 0.3) is 5.56 Å². The summed E-state index contributed by atoms with van der Waals surface area (Å²) >= 11 is 13.1. The van der Waals surface area contributed by atoms with E-state index in [4.69, 9.17) is 38.4 Å². The van der Waals surface area contributed by atoms with Crippen molar-refractivity contribution in [2.45, 2.75) is 44.8 Å². The summed E-state index contributed by atoms with van der Waals surface area (Å²) in [6, 6.07) is 3.47. The second-order valence-electron chi connectivity index (χ2n) is 7.71. The van der Waals surface area contributed by atoms with Gasteiger partial charge in [0.1, 0.15) is 17.1 Å². The molecule has 4 rings (SSSR count). The molecule has 1 aliphatic rings. The molecule has 1 saturated carbocycles. The van der Waals surface area contributed by atoms with Crippen LogP contribution in [0.5, 0.6) is 11.5 Å². The highest BCUT2D eigenvalue weighted by atomic mass is 35.5. The number of anilines is 1. The minimum atomic E-state index is -0.277. The molecule has 10 heteroatoms. The van der Waals surface area contributed by atoms with Gasteiger partial charge in [-0.3, -0.25) is 9.36 Å². The summed E-state index contributed by atoms with van der Waals surface area (Å²) in [7, 11) is 2.98. The highest BCUT2D eigenvalue weighted by molar-refractivity contribution is 6.41. The molecular formula is C22H25Cl2N5O3. The molecule has 0 bridgehead atoms. The second kappa shape index (κ2) is 9.13. The zero-order valence-electron chi connectivity index (χ0n) is 18.1. The molecule has 1 aliphatic carbocycles. The van der Waals surface area contributed by atoms with Crippen LogP contribution in [0.4, 0.5) is 5.95 Å². The number of ether oxygens (including phenoxy) is 2. The Labute approximate surface area is 195 Å². The quantitative estimate of drug-likeness (QED) is 0.550. The predicted octanol–water partition coefficient (Wildman–Crippen LogP) is 4.09. The van der Waals surface area contributed by atoms with E-state index < -0.39 is 0 Å². The fourth-order valence-electron chi connectivity index (χ4n) is 4.16. The molecule has 1 unspecified atom stereocenters. The van der Waals surface area contributed by atoms with E-state index in [2.05, 4.69) is 15.3 Å². The normalized spacial score (nSPS) is 18.2. The van der Waals surface area contributed by atoms with Crippen LogP contribution in [0, 0.1) is 0 Å². The first-order valence-electron chi connectivity index (χ1n) is 10.4. The molecule has 2 aromatic heterocycles. The Morgan fingerprint density at radius 1 is 1.19 bits per heavy atom. The van der Waals surface area contributed by atoms with Crippen molar-refractivity contribution >= 4 is 40.2 Å². The van der Waals surface area contributed by atoms with Crippen molar-refractivity contribution in [1.29, 1.82) is 0 Å². The first-order chi connectivity index (χ1) is 15.4. The summed E-state index contributed by atoms with van der Waals surface area (Å²) in [5.74, 6) is 1.16. The summed E-state index contributed by atoms with van der Waals surface area (Å²) in [6.07, 6.45) is 4.69. The SMILES string of the molecule is CCn1c(=O)c(-c2c(Cl)c(OC)cc(OC)c2Cl)cc2cnc(NC3CCC[C@@H]3N)nc21. The third-order valence-electron chi connectivity index (χ3n) is 5.87. The minimum Gasteiger partial charge on any atom is -0.495 e. The van der Waals surface area contributed by atoms with Gasteiger partial charge in [-0.1, -0.05) is 23.2 Å². The first-order valence-corrected chi connectivity index (χ1v) is 11.2. The fourth-order valence-corrected chi connectivity index (χ4v) is 4.86. The highest BCUT2D eigenvalue weighted by Gasteiger charge is 2.25. The number of rotatable bonds is 6. The predicted molar refractivity (Wildman–Crippen MR) is 127 cm³/mol. The number of nitrogens with one attached hydrogen (secondary N) is 1. The molecule has 2 heterocycles. The van der Waals surface area contributed by atoms with Crippen LogP contribution in [0.25, 0.3) is 22.2 Å². The molecule has 0 saturated heterocycles. The van der Waals surface area contributed by atoms with Crippen LogP contribution >= 0.6 is 23.2 Å². The van der Waals surface area contributed by atoms with E-state index in [9.17, 15) is 4.79 Å². The number of benzene rings is 1. The van der Waals surface area contributed by atoms with Crippen LogP contribution in [-0.2, 0) is 6.54 Å². The average molecular weight is 478 g/mol. The molecular weight excluding hydrogens is 453 g/mol. The van der Waals surface area contributed by atoms with Crippen molar-refractivity contribution in [3.05, 3.63) is 38.7 Å². The van der Waals surface area contributed by atoms with Crippen LogP contribution in [0.2, 0.25) is 10.0 Å². The van der Waals surface area contributed by atoms with E-state index in [1.54, 1.807) is 22.9 Å². The monoisotopic (exact) mass is 477 g/mol. The molecule has 32 heavy (non-hydrogen) atoms. The van der Waals surface area contributed by atoms with Crippen molar-refractivity contribution in [1.82, 2.24) is 14.5 Å². The number of halogens is 2. The van der Waals surface area contributed by atoms with Gasteiger partial charge in [0.05, 0.1) is 29.8 Å². The zero-order valence-corrected chi connectivity index (χ0v) is 19.6. The lowest BCUT2D eigenvalue weighted by atomic mass is 10.0. The number of methoxy groups -OCH3 is 2. The minimum absolute atomic E-state index is 0.0670. The van der Waals surface area contributed by atoms with Crippen molar-refractivity contribution in [3.63, 3.8) is 0 Å². The maximum Gasteiger partial charge on any atom is 0.260 e. The fraction of sp³-hybridized carbons (Fsp3) is 0.409. The van der Waals surface area contributed by atoms with Crippen molar-refractivity contribution in [2.75, 3.05) is 19.5 Å². The van der Waals surface area contributed by atoms with Gasteiger partial charge in [-0.05, 0) is 32.3 Å². The molecule has 0 spiro atoms. The van der Waals surface area contributed by atoms with E-state index in [0.29, 0.717) is 46.2 Å². The van der Waals surface area contributed by atoms with Crippen LogP contribution in [0.3, 0.4) is 0 Å². The largest absolute Gasteiger partial charge is 0.495 e. The lowest BCUT2D eigenvalue weighted by molar-refractivity contribution is 0.395. The smallest absolute Gasteiger partial charge is 0.260 e. The third-order valence-corrected chi connectivity index (χ3v) is 6.62. The zero-order chi connectivity index (χ0) is 23.0. The summed E-state index contributed by atoms with van der Waals surface area (Å²) in [5, 5.41) is 4.44. The van der Waals surface area contributed by atoms with E-state index in [0.717, 1.165) is 19.3 Å². The summed E-state index contributed by atoms with van der Waals surface area (Å²) < 4.78 is 12.3. The summed E-state index contributed by atoms with van der Waals surface area (Å²) in [5.41, 5.74) is 7.06. The lowest BCUT2D eigenvalue weighted by Gasteiger charge is -2.18. The first kappa shape index (κ1) is 22.6. The molecule has 0 aliphatic heterocycles. The van der Waals surface area contributed by atoms with Crippen molar-refractivity contribution in [3.8, 4) is 22.6 Å². The Morgan fingerprint density at radius 2 is 1.88 bits per heavy atom. The van der Waals surface area contributed by atoms with E-state index >= 15 is 0 Å². The molecule has 0 radical (unpaired) electrons. The molecule has 170 valence electrons. The maximum absolute atomic E-state index is 13.5. The van der Waals surface area contributed by atoms with E-state index in [1.165, 1.54) is 14.2 Å². The Balaban J connectivity index is 1.89. The van der Waals surface area contributed by atoms with E-state index in [-0.39, 0.29) is 27.7 Å². The van der Waals surface area contributed by atoms with Gasteiger partial charge in [-0.15, -0.1) is 0 Å². The molecule has 3 aromatic rings. The number of pyridine rings is 1. The van der Waals surface area contributed by atoms with Gasteiger partial charge in [-0.2, -0.15) is 4.98 Å². The third kappa shape index (κ3) is 3.87. The number of fused-ring (bicyclic) bond motifs is 1. The van der Waals surface area contributed by atoms with Crippen molar-refractivity contribution < 1.29 is 9.47 Å². The van der Waals surface area contributed by atoms with Gasteiger partial charge in [0.15, 0.2) is 0 Å². The van der Waals surface area contributed by atoms with Crippen LogP contribution < -0.4 is 26.1 Å². The molecule has 1 fully saturated rings. The van der Waals surface area contributed by atoms with Gasteiger partial charge in [0.2, 0.25) is 5.95 Å². The lowest BCUT2D eigenvalue weighted by Crippen LogP contribution is -2.35. The average Bonchev–Trinajstić information content (AvgIpc) is 3.19. The second-order valence-corrected chi connectivity index (χ2v) is 8.47. The highest BCUT2D eigenvalue weighted by Crippen LogP contribution is 2.45. The van der Waals surface area contributed by atoms with Gasteiger partial charge in [0, 0.05) is 41.8 Å². The maximum atomic E-state index is 13.5. The van der Waals surface area contributed by atoms with Crippen molar-refractivity contribution in [2.24, 2.45) is 5.73 Å². The number of nitrogens with zero attached hydrogens (tertiary/aromatic N) is 3. The van der Waals surface area contributed by atoms with Gasteiger partial charge in [-0.25, -0.2) is 4.98 Å². The molecule has 3 N–H and O–H groups in total. The molecule has 1 aromatic carbocycles. The molecule has 8 nitrogen and oxygen atoms in total. The van der Waals surface area contributed by atoms with Gasteiger partial charge >= 0.3 is 0 Å². The Morgan fingerprint density at radius 3 is 2.44 bits per heavy atom. The van der Waals surface area contributed by atoms with E-state index in [1.807, 2.05) is 6.92 Å². The summed E-state index contributed by atoms with van der Waals surface area (Å²) in [6.45, 7) is 2.28. The topological polar surface area (TPSA) is 104 Å². The van der Waals surface area contributed by atoms with Gasteiger partial charge < -0.3 is 20.5 Å². The number of nitrogens with two attached hydrogens (primary N) is 1. The van der Waals surface area contributed by atoms with Crippen LogP contribution in [0.15, 0.2) is 23.1 Å². The molecule has 0 amide bonds. The molecule has 2 atom stereocenters. The number of hydrogen-bond acceptors (Lipinski definition) is 7. The number of aromatic nitrogens is 3. The standard InChI is InChI=1S/C22H25Cl2N5O3/c1-4-29-20-11(10-26-22(28-20)27-14-7-5-6-13(14)25)8-12(21(29)30)17-18(23)15(31-2)9-16(32-3)19(17)24/h8-10,13-14H,4-7,25H2,1-3H3,(H,26,27,28)/t13-,14?/m0/s1. The van der Waals surface area contributed by atoms with Crippen LogP contribution in [0.1, 0.15) is 26.2 Å². The Kier molecular flexibility index (Phi) is 6.46. The Bertz CT molecular complexity index is 1200. The Hall–Kier alpha value is -2.55. The van der Waals surface area contributed by atoms with Crippen LogP contribution in [-0.4, -0.2) is 40.8 Å². The number of hydrogen-bond donors (Lipinski definition) is 2. The summed E-state index contributed by atoms with van der Waals surface area (Å²) in [4.78, 5) is 22.6.